The average Bonchev–Trinajstić information content (AvgIpc) is 3.04. The van der Waals surface area contributed by atoms with Gasteiger partial charge in [-0.05, 0) is 79.9 Å². The summed E-state index contributed by atoms with van der Waals surface area (Å²) in [5.74, 6) is 3.68. The summed E-state index contributed by atoms with van der Waals surface area (Å²) in [7, 11) is 0. The van der Waals surface area contributed by atoms with Crippen molar-refractivity contribution in [1.82, 2.24) is 5.32 Å². The molecular weight excluding hydrogens is 324 g/mol. The highest BCUT2D eigenvalue weighted by Crippen LogP contribution is 2.53. The van der Waals surface area contributed by atoms with Crippen LogP contribution in [0.2, 0.25) is 0 Å². The van der Waals surface area contributed by atoms with Crippen molar-refractivity contribution >= 4 is 17.5 Å². The lowest BCUT2D eigenvalue weighted by Crippen LogP contribution is -2.56. The van der Waals surface area contributed by atoms with Crippen LogP contribution in [0.3, 0.4) is 0 Å². The molecule has 1 saturated heterocycles. The second-order valence-corrected chi connectivity index (χ2v) is 9.02. The first-order chi connectivity index (χ1) is 12.7. The van der Waals surface area contributed by atoms with Crippen molar-refractivity contribution in [1.29, 1.82) is 0 Å². The predicted molar refractivity (Wildman–Crippen MR) is 101 cm³/mol. The van der Waals surface area contributed by atoms with Crippen LogP contribution in [0, 0.1) is 23.7 Å². The Bertz CT molecular complexity index is 683. The minimum Gasteiger partial charge on any atom is -0.353 e. The number of hydrogen-bond donors (Lipinski definition) is 1. The van der Waals surface area contributed by atoms with E-state index < -0.39 is 0 Å². The molecule has 4 heteroatoms. The van der Waals surface area contributed by atoms with Crippen LogP contribution < -0.4 is 10.2 Å². The van der Waals surface area contributed by atoms with E-state index in [0.717, 1.165) is 47.9 Å². The predicted octanol–water partition coefficient (Wildman–Crippen LogP) is 3.30. The van der Waals surface area contributed by atoms with Crippen LogP contribution in [0.1, 0.15) is 50.5 Å². The summed E-state index contributed by atoms with van der Waals surface area (Å²) in [5.41, 5.74) is 1.99. The van der Waals surface area contributed by atoms with E-state index in [0.29, 0.717) is 18.9 Å². The largest absolute Gasteiger partial charge is 0.353 e. The van der Waals surface area contributed by atoms with Gasteiger partial charge in [-0.1, -0.05) is 12.1 Å². The average molecular weight is 352 g/mol. The topological polar surface area (TPSA) is 49.4 Å². The summed E-state index contributed by atoms with van der Waals surface area (Å²) in [6, 6.07) is 8.37. The van der Waals surface area contributed by atoms with E-state index in [1.807, 2.05) is 29.2 Å². The van der Waals surface area contributed by atoms with Crippen molar-refractivity contribution in [3.8, 4) is 0 Å². The zero-order valence-electron chi connectivity index (χ0n) is 15.3. The van der Waals surface area contributed by atoms with Gasteiger partial charge in [0, 0.05) is 24.7 Å². The number of rotatable bonds is 4. The van der Waals surface area contributed by atoms with Gasteiger partial charge in [-0.15, -0.1) is 0 Å². The smallest absolute Gasteiger partial charge is 0.227 e. The van der Waals surface area contributed by atoms with Gasteiger partial charge in [0.05, 0.1) is 6.42 Å². The molecule has 5 fully saturated rings. The minimum atomic E-state index is 0.160. The molecule has 4 nitrogen and oxygen atoms in total. The molecule has 0 spiro atoms. The molecule has 2 amide bonds. The highest BCUT2D eigenvalue weighted by atomic mass is 16.2. The molecule has 4 aliphatic carbocycles. The maximum atomic E-state index is 12.6. The van der Waals surface area contributed by atoms with Crippen molar-refractivity contribution in [3.63, 3.8) is 0 Å². The second-order valence-electron chi connectivity index (χ2n) is 9.02. The fraction of sp³-hybridized carbons (Fsp3) is 0.636. The van der Waals surface area contributed by atoms with E-state index in [2.05, 4.69) is 5.32 Å². The first-order valence-electron chi connectivity index (χ1n) is 10.3. The van der Waals surface area contributed by atoms with Crippen LogP contribution in [-0.2, 0) is 16.0 Å². The molecule has 6 rings (SSSR count). The van der Waals surface area contributed by atoms with Gasteiger partial charge in [0.25, 0.3) is 0 Å². The lowest BCUT2D eigenvalue weighted by molar-refractivity contribution is -0.124. The van der Waals surface area contributed by atoms with Crippen LogP contribution in [-0.4, -0.2) is 24.4 Å². The van der Waals surface area contributed by atoms with E-state index in [1.165, 1.54) is 32.1 Å². The molecule has 0 atom stereocenters. The molecule has 1 heterocycles. The van der Waals surface area contributed by atoms with Crippen molar-refractivity contribution < 1.29 is 9.59 Å². The third-order valence-electron chi connectivity index (χ3n) is 7.24. The lowest BCUT2D eigenvalue weighted by atomic mass is 9.54. The van der Waals surface area contributed by atoms with Crippen LogP contribution in [0.5, 0.6) is 0 Å². The summed E-state index contributed by atoms with van der Waals surface area (Å²) >= 11 is 0. The van der Waals surface area contributed by atoms with Crippen molar-refractivity contribution in [2.24, 2.45) is 23.7 Å². The van der Waals surface area contributed by atoms with Gasteiger partial charge in [-0.3, -0.25) is 9.59 Å². The van der Waals surface area contributed by atoms with Crippen LogP contribution in [0.25, 0.3) is 0 Å². The van der Waals surface area contributed by atoms with E-state index >= 15 is 0 Å². The third-order valence-corrected chi connectivity index (χ3v) is 7.24. The van der Waals surface area contributed by atoms with Gasteiger partial charge in [-0.25, -0.2) is 0 Å². The summed E-state index contributed by atoms with van der Waals surface area (Å²) in [6.45, 7) is 0.811. The fourth-order valence-corrected chi connectivity index (χ4v) is 6.30. The van der Waals surface area contributed by atoms with Crippen LogP contribution in [0.4, 0.5) is 5.69 Å². The Hall–Kier alpha value is -1.84. The summed E-state index contributed by atoms with van der Waals surface area (Å²) in [6.07, 6.45) is 8.79. The Morgan fingerprint density at radius 2 is 1.65 bits per heavy atom. The lowest BCUT2D eigenvalue weighted by Gasteiger charge is -2.54. The molecule has 5 aliphatic rings. The summed E-state index contributed by atoms with van der Waals surface area (Å²) in [5, 5.41) is 3.38. The molecule has 0 unspecified atom stereocenters. The number of amides is 2. The fourth-order valence-electron chi connectivity index (χ4n) is 6.30. The molecule has 138 valence electrons. The Morgan fingerprint density at radius 3 is 2.23 bits per heavy atom. The number of nitrogens with zero attached hydrogens (tertiary/aromatic N) is 1. The normalized spacial score (nSPS) is 35.2. The van der Waals surface area contributed by atoms with E-state index in [9.17, 15) is 9.59 Å². The summed E-state index contributed by atoms with van der Waals surface area (Å²) < 4.78 is 0. The van der Waals surface area contributed by atoms with Gasteiger partial charge in [0.1, 0.15) is 0 Å². The Kier molecular flexibility index (Phi) is 4.02. The van der Waals surface area contributed by atoms with E-state index in [4.69, 9.17) is 0 Å². The standard InChI is InChI=1S/C22H28N2O2/c25-20(23-22-17-9-15-8-16(11-17)12-18(22)10-15)13-14-3-5-19(6-4-14)24-7-1-2-21(24)26/h3-6,15-18,22H,1-2,7-13H2,(H,23,25). The first kappa shape index (κ1) is 16.3. The number of anilines is 1. The van der Waals surface area contributed by atoms with E-state index in [1.54, 1.807) is 0 Å². The molecule has 1 aromatic carbocycles. The number of nitrogens with one attached hydrogen (secondary N) is 1. The molecule has 0 aromatic heterocycles. The quantitative estimate of drug-likeness (QED) is 0.904. The Labute approximate surface area is 155 Å². The number of carbonyl (C=O) groups is 2. The number of benzene rings is 1. The van der Waals surface area contributed by atoms with Crippen LogP contribution in [0.15, 0.2) is 24.3 Å². The number of hydrogen-bond acceptors (Lipinski definition) is 2. The van der Waals surface area contributed by atoms with E-state index in [-0.39, 0.29) is 11.8 Å². The van der Waals surface area contributed by atoms with Gasteiger partial charge < -0.3 is 10.2 Å². The molecular formula is C22H28N2O2. The second kappa shape index (κ2) is 6.40. The zero-order valence-corrected chi connectivity index (χ0v) is 15.3. The zero-order chi connectivity index (χ0) is 17.7. The Morgan fingerprint density at radius 1 is 1.00 bits per heavy atom. The SMILES string of the molecule is O=C(Cc1ccc(N2CCCC2=O)cc1)NC1C2CC3CC(C2)CC1C3. The minimum absolute atomic E-state index is 0.160. The first-order valence-corrected chi connectivity index (χ1v) is 10.3. The molecule has 1 aromatic rings. The monoisotopic (exact) mass is 352 g/mol. The molecule has 1 N–H and O–H groups in total. The van der Waals surface area contributed by atoms with Crippen molar-refractivity contribution in [2.45, 2.75) is 57.4 Å². The molecule has 1 aliphatic heterocycles. The van der Waals surface area contributed by atoms with Gasteiger partial charge in [0.2, 0.25) is 11.8 Å². The molecule has 26 heavy (non-hydrogen) atoms. The molecule has 0 radical (unpaired) electrons. The molecule has 4 bridgehead atoms. The highest BCUT2D eigenvalue weighted by molar-refractivity contribution is 5.95. The van der Waals surface area contributed by atoms with Gasteiger partial charge in [0.15, 0.2) is 0 Å². The van der Waals surface area contributed by atoms with Gasteiger partial charge >= 0.3 is 0 Å². The highest BCUT2D eigenvalue weighted by Gasteiger charge is 2.48. The van der Waals surface area contributed by atoms with Crippen molar-refractivity contribution in [2.75, 3.05) is 11.4 Å². The maximum absolute atomic E-state index is 12.6. The van der Waals surface area contributed by atoms with Gasteiger partial charge in [-0.2, -0.15) is 0 Å². The third kappa shape index (κ3) is 2.93. The summed E-state index contributed by atoms with van der Waals surface area (Å²) in [4.78, 5) is 26.3. The van der Waals surface area contributed by atoms with Crippen molar-refractivity contribution in [3.05, 3.63) is 29.8 Å². The maximum Gasteiger partial charge on any atom is 0.227 e. The Balaban J connectivity index is 1.20. The van der Waals surface area contributed by atoms with Crippen LogP contribution >= 0.6 is 0 Å². The molecule has 4 saturated carbocycles. The number of carbonyl (C=O) groups excluding carboxylic acids is 2.